The Bertz CT molecular complexity index is 690. The molecule has 1 aliphatic rings. The maximum atomic E-state index is 12.7. The van der Waals surface area contributed by atoms with Crippen molar-refractivity contribution in [3.63, 3.8) is 0 Å². The van der Waals surface area contributed by atoms with Crippen LogP contribution in [0.2, 0.25) is 5.02 Å². The predicted octanol–water partition coefficient (Wildman–Crippen LogP) is 3.63. The van der Waals surface area contributed by atoms with Crippen LogP contribution in [0.15, 0.2) is 48.7 Å². The highest BCUT2D eigenvalue weighted by Gasteiger charge is 2.23. The number of nitrogens with zero attached hydrogens (tertiary/aromatic N) is 2. The zero-order valence-corrected chi connectivity index (χ0v) is 14.8. The highest BCUT2D eigenvalue weighted by atomic mass is 35.5. The Hall–Kier alpha value is -2.11. The quantitative estimate of drug-likeness (QED) is 0.856. The van der Waals surface area contributed by atoms with E-state index in [4.69, 9.17) is 16.3 Å². The molecule has 1 aromatic heterocycles. The lowest BCUT2D eigenvalue weighted by atomic mass is 10.2. The Labute approximate surface area is 153 Å². The smallest absolute Gasteiger partial charge is 0.318 e. The first-order chi connectivity index (χ1) is 12.2. The summed E-state index contributed by atoms with van der Waals surface area (Å²) in [6, 6.07) is 13.1. The van der Waals surface area contributed by atoms with Crippen LogP contribution in [0.1, 0.15) is 24.1 Å². The molecule has 0 unspecified atom stereocenters. The van der Waals surface area contributed by atoms with Gasteiger partial charge in [0.25, 0.3) is 0 Å². The molecule has 1 N–H and O–H groups in total. The molecule has 2 amide bonds. The van der Waals surface area contributed by atoms with Gasteiger partial charge in [0.05, 0.1) is 18.3 Å². The summed E-state index contributed by atoms with van der Waals surface area (Å²) in [6.45, 7) is 2.17. The fraction of sp³-hybridized carbons (Fsp3) is 0.368. The van der Waals surface area contributed by atoms with Crippen LogP contribution in [-0.2, 0) is 17.8 Å². The van der Waals surface area contributed by atoms with Crippen molar-refractivity contribution in [2.75, 3.05) is 13.2 Å². The summed E-state index contributed by atoms with van der Waals surface area (Å²) in [6.07, 6.45) is 3.86. The fourth-order valence-corrected chi connectivity index (χ4v) is 3.07. The summed E-state index contributed by atoms with van der Waals surface area (Å²) < 4.78 is 5.69. The second-order valence-electron chi connectivity index (χ2n) is 6.09. The molecule has 6 heteroatoms. The van der Waals surface area contributed by atoms with Gasteiger partial charge in [-0.3, -0.25) is 4.98 Å². The third-order valence-electron chi connectivity index (χ3n) is 4.20. The molecule has 5 nitrogen and oxygen atoms in total. The molecule has 3 rings (SSSR count). The first kappa shape index (κ1) is 17.7. The van der Waals surface area contributed by atoms with Crippen molar-refractivity contribution in [1.29, 1.82) is 0 Å². The van der Waals surface area contributed by atoms with E-state index in [0.717, 1.165) is 30.7 Å². The van der Waals surface area contributed by atoms with Crippen molar-refractivity contribution in [2.45, 2.75) is 32.0 Å². The third kappa shape index (κ3) is 5.18. The molecule has 1 saturated heterocycles. The van der Waals surface area contributed by atoms with E-state index in [9.17, 15) is 4.79 Å². The second-order valence-corrected chi connectivity index (χ2v) is 6.49. The van der Waals surface area contributed by atoms with E-state index in [1.54, 1.807) is 11.1 Å². The Morgan fingerprint density at radius 2 is 2.12 bits per heavy atom. The number of amides is 2. The number of pyridine rings is 1. The molecule has 0 spiro atoms. The number of halogens is 1. The molecule has 0 saturated carbocycles. The number of benzene rings is 1. The number of carbonyl (C=O) groups is 1. The average molecular weight is 360 g/mol. The monoisotopic (exact) mass is 359 g/mol. The topological polar surface area (TPSA) is 54.5 Å². The van der Waals surface area contributed by atoms with E-state index in [1.807, 2.05) is 42.5 Å². The van der Waals surface area contributed by atoms with Crippen molar-refractivity contribution in [3.8, 4) is 0 Å². The number of rotatable bonds is 6. The molecule has 2 aromatic rings. The number of carbonyl (C=O) groups excluding carboxylic acids is 1. The summed E-state index contributed by atoms with van der Waals surface area (Å²) >= 11 is 6.16. The number of ether oxygens (including phenoxy) is 1. The highest BCUT2D eigenvalue weighted by Crippen LogP contribution is 2.16. The second kappa shape index (κ2) is 8.83. The summed E-state index contributed by atoms with van der Waals surface area (Å²) in [5.41, 5.74) is 1.75. The first-order valence-electron chi connectivity index (χ1n) is 8.50. The number of hydrogen-bond donors (Lipinski definition) is 1. The van der Waals surface area contributed by atoms with Gasteiger partial charge in [-0.05, 0) is 36.6 Å². The van der Waals surface area contributed by atoms with Gasteiger partial charge in [-0.1, -0.05) is 35.9 Å². The van der Waals surface area contributed by atoms with Gasteiger partial charge in [-0.15, -0.1) is 0 Å². The minimum atomic E-state index is -0.138. The molecular formula is C19H22ClN3O2. The zero-order valence-electron chi connectivity index (χ0n) is 14.0. The van der Waals surface area contributed by atoms with Crippen LogP contribution in [0.25, 0.3) is 0 Å². The Morgan fingerprint density at radius 3 is 2.84 bits per heavy atom. The Kier molecular flexibility index (Phi) is 6.25. The van der Waals surface area contributed by atoms with Crippen LogP contribution in [0.3, 0.4) is 0 Å². The van der Waals surface area contributed by atoms with Crippen molar-refractivity contribution in [2.24, 2.45) is 0 Å². The number of aromatic nitrogens is 1. The van der Waals surface area contributed by atoms with Crippen molar-refractivity contribution in [1.82, 2.24) is 15.2 Å². The SMILES string of the molecule is O=C(NCc1ccccc1Cl)N(Cc1ccccn1)C[C@@H]1CCCO1. The lowest BCUT2D eigenvalue weighted by Crippen LogP contribution is -2.43. The van der Waals surface area contributed by atoms with Crippen LogP contribution < -0.4 is 5.32 Å². The standard InChI is InChI=1S/C19H22ClN3O2/c20-18-9-2-1-6-15(18)12-22-19(24)23(14-17-8-5-11-25-17)13-16-7-3-4-10-21-16/h1-4,6-7,9-10,17H,5,8,11-14H2,(H,22,24)/t17-/m0/s1. The van der Waals surface area contributed by atoms with E-state index in [-0.39, 0.29) is 12.1 Å². The van der Waals surface area contributed by atoms with Crippen LogP contribution in [0.4, 0.5) is 4.79 Å². The third-order valence-corrected chi connectivity index (χ3v) is 4.57. The fourth-order valence-electron chi connectivity index (χ4n) is 2.87. The largest absolute Gasteiger partial charge is 0.376 e. The normalized spacial score (nSPS) is 16.6. The summed E-state index contributed by atoms with van der Waals surface area (Å²) in [4.78, 5) is 18.8. The van der Waals surface area contributed by atoms with E-state index >= 15 is 0 Å². The van der Waals surface area contributed by atoms with Gasteiger partial charge in [-0.25, -0.2) is 4.79 Å². The lowest BCUT2D eigenvalue weighted by molar-refractivity contribution is 0.0791. The van der Waals surface area contributed by atoms with E-state index in [2.05, 4.69) is 10.3 Å². The van der Waals surface area contributed by atoms with Crippen molar-refractivity contribution in [3.05, 3.63) is 64.9 Å². The molecule has 1 atom stereocenters. The predicted molar refractivity (Wildman–Crippen MR) is 97.3 cm³/mol. The molecule has 2 heterocycles. The van der Waals surface area contributed by atoms with Gasteiger partial charge in [0.1, 0.15) is 0 Å². The van der Waals surface area contributed by atoms with Crippen molar-refractivity contribution < 1.29 is 9.53 Å². The van der Waals surface area contributed by atoms with Crippen molar-refractivity contribution >= 4 is 17.6 Å². The number of nitrogens with one attached hydrogen (secondary N) is 1. The van der Waals surface area contributed by atoms with Gasteiger partial charge in [-0.2, -0.15) is 0 Å². The van der Waals surface area contributed by atoms with Gasteiger partial charge >= 0.3 is 6.03 Å². The number of urea groups is 1. The maximum absolute atomic E-state index is 12.7. The highest BCUT2D eigenvalue weighted by molar-refractivity contribution is 6.31. The molecule has 1 aromatic carbocycles. The molecule has 0 bridgehead atoms. The summed E-state index contributed by atoms with van der Waals surface area (Å²) in [5, 5.41) is 3.60. The molecule has 1 fully saturated rings. The molecule has 0 aliphatic carbocycles. The molecular weight excluding hydrogens is 338 g/mol. The average Bonchev–Trinajstić information content (AvgIpc) is 3.14. The lowest BCUT2D eigenvalue weighted by Gasteiger charge is -2.25. The van der Waals surface area contributed by atoms with Crippen LogP contribution in [-0.4, -0.2) is 35.2 Å². The van der Waals surface area contributed by atoms with E-state index in [1.165, 1.54) is 0 Å². The van der Waals surface area contributed by atoms with Crippen LogP contribution in [0, 0.1) is 0 Å². The Balaban J connectivity index is 1.64. The maximum Gasteiger partial charge on any atom is 0.318 e. The number of hydrogen-bond acceptors (Lipinski definition) is 3. The molecule has 25 heavy (non-hydrogen) atoms. The van der Waals surface area contributed by atoms with E-state index in [0.29, 0.717) is 24.7 Å². The molecule has 0 radical (unpaired) electrons. The van der Waals surface area contributed by atoms with Crippen LogP contribution >= 0.6 is 11.6 Å². The summed E-state index contributed by atoms with van der Waals surface area (Å²) in [7, 11) is 0. The van der Waals surface area contributed by atoms with Gasteiger partial charge in [0, 0.05) is 30.9 Å². The molecule has 1 aliphatic heterocycles. The Morgan fingerprint density at radius 1 is 1.28 bits per heavy atom. The van der Waals surface area contributed by atoms with E-state index < -0.39 is 0 Å². The minimum Gasteiger partial charge on any atom is -0.376 e. The summed E-state index contributed by atoms with van der Waals surface area (Å²) in [5.74, 6) is 0. The van der Waals surface area contributed by atoms with Gasteiger partial charge in [0.15, 0.2) is 0 Å². The van der Waals surface area contributed by atoms with Crippen LogP contribution in [0.5, 0.6) is 0 Å². The van der Waals surface area contributed by atoms with Gasteiger partial charge in [0.2, 0.25) is 0 Å². The zero-order chi connectivity index (χ0) is 17.5. The first-order valence-corrected chi connectivity index (χ1v) is 8.88. The van der Waals surface area contributed by atoms with Gasteiger partial charge < -0.3 is 15.0 Å². The minimum absolute atomic E-state index is 0.0924. The molecule has 132 valence electrons.